The number of aryl methyl sites for hydroxylation is 1. The van der Waals surface area contributed by atoms with Crippen LogP contribution in [0.1, 0.15) is 24.8 Å². The number of hydrogen-bond acceptors (Lipinski definition) is 2. The summed E-state index contributed by atoms with van der Waals surface area (Å²) in [7, 11) is 0. The number of hydrogen-bond donors (Lipinski definition) is 2. The Kier molecular flexibility index (Phi) is 3.66. The van der Waals surface area contributed by atoms with Gasteiger partial charge in [0.15, 0.2) is 0 Å². The first-order valence-electron chi connectivity index (χ1n) is 7.50. The quantitative estimate of drug-likeness (QED) is 0.826. The molecule has 2 heterocycles. The van der Waals surface area contributed by atoms with E-state index >= 15 is 0 Å². The summed E-state index contributed by atoms with van der Waals surface area (Å²) in [6.45, 7) is 6.06. The van der Waals surface area contributed by atoms with Crippen molar-refractivity contribution in [3.05, 3.63) is 29.8 Å². The van der Waals surface area contributed by atoms with E-state index in [1.54, 1.807) is 0 Å². The van der Waals surface area contributed by atoms with Crippen LogP contribution in [0, 0.1) is 12.3 Å². The summed E-state index contributed by atoms with van der Waals surface area (Å²) in [5.41, 5.74) is 2.54. The molecule has 0 atom stereocenters. The lowest BCUT2D eigenvalue weighted by Crippen LogP contribution is -2.45. The van der Waals surface area contributed by atoms with Crippen molar-refractivity contribution in [3.63, 3.8) is 0 Å². The Balaban J connectivity index is 1.55. The number of carbonyl (C=O) groups excluding carboxylic acids is 1. The number of piperidine rings is 1. The Morgan fingerprint density at radius 1 is 1.20 bits per heavy atom. The van der Waals surface area contributed by atoms with E-state index in [0.717, 1.165) is 44.7 Å². The number of likely N-dealkylation sites (tertiary alicyclic amines) is 1. The number of nitrogens with one attached hydrogen (secondary N) is 2. The van der Waals surface area contributed by atoms with Crippen molar-refractivity contribution in [3.8, 4) is 0 Å². The average Bonchev–Trinajstić information content (AvgIpc) is 2.90. The normalized spacial score (nSPS) is 21.1. The van der Waals surface area contributed by atoms with Crippen molar-refractivity contribution in [2.75, 3.05) is 31.5 Å². The van der Waals surface area contributed by atoms with Gasteiger partial charge in [0.05, 0.1) is 0 Å². The lowest BCUT2D eigenvalue weighted by atomic mass is 9.78. The highest BCUT2D eigenvalue weighted by atomic mass is 16.2. The fraction of sp³-hybridized carbons (Fsp3) is 0.562. The Hall–Kier alpha value is -1.55. The maximum absolute atomic E-state index is 12.3. The van der Waals surface area contributed by atoms with Crippen LogP contribution in [-0.4, -0.2) is 37.1 Å². The van der Waals surface area contributed by atoms with Gasteiger partial charge in [0.2, 0.25) is 0 Å². The molecule has 2 fully saturated rings. The average molecular weight is 273 g/mol. The van der Waals surface area contributed by atoms with Gasteiger partial charge in [-0.3, -0.25) is 0 Å². The van der Waals surface area contributed by atoms with E-state index in [4.69, 9.17) is 0 Å². The Morgan fingerprint density at radius 2 is 1.90 bits per heavy atom. The third-order valence-electron chi connectivity index (χ3n) is 4.75. The van der Waals surface area contributed by atoms with Gasteiger partial charge in [-0.25, -0.2) is 4.79 Å². The molecular weight excluding hydrogens is 250 g/mol. The lowest BCUT2D eigenvalue weighted by molar-refractivity contribution is 0.137. The zero-order chi connectivity index (χ0) is 14.0. The highest BCUT2D eigenvalue weighted by Gasteiger charge is 2.37. The molecule has 1 aromatic rings. The maximum Gasteiger partial charge on any atom is 0.321 e. The number of anilines is 1. The van der Waals surface area contributed by atoms with Crippen LogP contribution in [0.25, 0.3) is 0 Å². The zero-order valence-corrected chi connectivity index (χ0v) is 12.1. The Morgan fingerprint density at radius 3 is 2.50 bits per heavy atom. The molecule has 0 unspecified atom stereocenters. The van der Waals surface area contributed by atoms with Crippen LogP contribution < -0.4 is 10.6 Å². The first-order valence-corrected chi connectivity index (χ1v) is 7.50. The van der Waals surface area contributed by atoms with Crippen molar-refractivity contribution in [1.82, 2.24) is 10.2 Å². The molecule has 2 saturated heterocycles. The van der Waals surface area contributed by atoms with E-state index in [-0.39, 0.29) is 6.03 Å². The molecule has 20 heavy (non-hydrogen) atoms. The summed E-state index contributed by atoms with van der Waals surface area (Å²) in [5, 5.41) is 6.44. The Bertz CT molecular complexity index is 467. The molecule has 2 N–H and O–H groups in total. The van der Waals surface area contributed by atoms with Gasteiger partial charge in [0, 0.05) is 25.3 Å². The van der Waals surface area contributed by atoms with Crippen LogP contribution in [0.5, 0.6) is 0 Å². The molecule has 2 aliphatic heterocycles. The Labute approximate surface area is 120 Å². The smallest absolute Gasteiger partial charge is 0.321 e. The van der Waals surface area contributed by atoms with Gasteiger partial charge >= 0.3 is 6.03 Å². The van der Waals surface area contributed by atoms with Crippen LogP contribution in [0.15, 0.2) is 24.3 Å². The second kappa shape index (κ2) is 5.44. The number of benzene rings is 1. The summed E-state index contributed by atoms with van der Waals surface area (Å²) >= 11 is 0. The first kappa shape index (κ1) is 13.4. The molecule has 0 saturated carbocycles. The predicted molar refractivity (Wildman–Crippen MR) is 80.9 cm³/mol. The molecular formula is C16H23N3O. The summed E-state index contributed by atoms with van der Waals surface area (Å²) in [6, 6.07) is 7.99. The predicted octanol–water partition coefficient (Wildman–Crippen LogP) is 2.60. The van der Waals surface area contributed by atoms with E-state index in [9.17, 15) is 4.79 Å². The topological polar surface area (TPSA) is 44.4 Å². The molecule has 0 radical (unpaired) electrons. The number of carbonyl (C=O) groups is 1. The molecule has 108 valence electrons. The SMILES string of the molecule is Cc1ccc(NC(=O)N2CCC3(CCNC3)CC2)cc1. The number of nitrogens with zero attached hydrogens (tertiary/aromatic N) is 1. The zero-order valence-electron chi connectivity index (χ0n) is 12.1. The van der Waals surface area contributed by atoms with Crippen molar-refractivity contribution in [2.45, 2.75) is 26.2 Å². The van der Waals surface area contributed by atoms with Gasteiger partial charge in [-0.15, -0.1) is 0 Å². The third kappa shape index (κ3) is 2.80. The highest BCUT2D eigenvalue weighted by molar-refractivity contribution is 5.89. The van der Waals surface area contributed by atoms with Gasteiger partial charge in [-0.1, -0.05) is 17.7 Å². The molecule has 1 aromatic carbocycles. The van der Waals surface area contributed by atoms with Gasteiger partial charge in [-0.2, -0.15) is 0 Å². The summed E-state index contributed by atoms with van der Waals surface area (Å²) in [4.78, 5) is 14.2. The lowest BCUT2D eigenvalue weighted by Gasteiger charge is -2.38. The van der Waals surface area contributed by atoms with Gasteiger partial charge in [-0.05, 0) is 50.3 Å². The van der Waals surface area contributed by atoms with Crippen LogP contribution in [-0.2, 0) is 0 Å². The molecule has 0 aliphatic carbocycles. The second-order valence-electron chi connectivity index (χ2n) is 6.21. The van der Waals surface area contributed by atoms with Crippen LogP contribution in [0.3, 0.4) is 0 Å². The maximum atomic E-state index is 12.3. The fourth-order valence-electron chi connectivity index (χ4n) is 3.25. The fourth-order valence-corrected chi connectivity index (χ4v) is 3.25. The van der Waals surface area contributed by atoms with Crippen molar-refractivity contribution >= 4 is 11.7 Å². The van der Waals surface area contributed by atoms with E-state index in [1.165, 1.54) is 12.0 Å². The minimum atomic E-state index is 0.0367. The van der Waals surface area contributed by atoms with E-state index in [1.807, 2.05) is 36.1 Å². The summed E-state index contributed by atoms with van der Waals surface area (Å²) < 4.78 is 0. The minimum Gasteiger partial charge on any atom is -0.324 e. The first-order chi connectivity index (χ1) is 9.67. The monoisotopic (exact) mass is 273 g/mol. The van der Waals surface area contributed by atoms with E-state index in [0.29, 0.717) is 5.41 Å². The highest BCUT2D eigenvalue weighted by Crippen LogP contribution is 2.36. The molecule has 1 spiro atoms. The minimum absolute atomic E-state index is 0.0367. The molecule has 0 bridgehead atoms. The van der Waals surface area contributed by atoms with Crippen molar-refractivity contribution in [1.29, 1.82) is 0 Å². The standard InChI is InChI=1S/C16H23N3O/c1-13-2-4-14(5-3-13)18-15(20)19-10-7-16(8-11-19)6-9-17-12-16/h2-5,17H,6-12H2,1H3,(H,18,20). The molecule has 4 nitrogen and oxygen atoms in total. The molecule has 4 heteroatoms. The largest absolute Gasteiger partial charge is 0.324 e. The number of amides is 2. The van der Waals surface area contributed by atoms with Crippen molar-refractivity contribution < 1.29 is 4.79 Å². The number of rotatable bonds is 1. The number of urea groups is 1. The van der Waals surface area contributed by atoms with Crippen molar-refractivity contribution in [2.24, 2.45) is 5.41 Å². The second-order valence-corrected chi connectivity index (χ2v) is 6.21. The molecule has 3 rings (SSSR count). The van der Waals surface area contributed by atoms with Gasteiger partial charge < -0.3 is 15.5 Å². The third-order valence-corrected chi connectivity index (χ3v) is 4.75. The summed E-state index contributed by atoms with van der Waals surface area (Å²) in [5.74, 6) is 0. The summed E-state index contributed by atoms with van der Waals surface area (Å²) in [6.07, 6.45) is 3.52. The van der Waals surface area contributed by atoms with Crippen LogP contribution >= 0.6 is 0 Å². The van der Waals surface area contributed by atoms with Gasteiger partial charge in [0.25, 0.3) is 0 Å². The van der Waals surface area contributed by atoms with E-state index < -0.39 is 0 Å². The van der Waals surface area contributed by atoms with E-state index in [2.05, 4.69) is 10.6 Å². The van der Waals surface area contributed by atoms with Gasteiger partial charge in [0.1, 0.15) is 0 Å². The van der Waals surface area contributed by atoms with Crippen LogP contribution in [0.4, 0.5) is 10.5 Å². The molecule has 2 aliphatic rings. The van der Waals surface area contributed by atoms with Crippen LogP contribution in [0.2, 0.25) is 0 Å². The molecule has 0 aromatic heterocycles. The molecule has 2 amide bonds.